The largest absolute Gasteiger partial charge is 0.453 e. The van der Waals surface area contributed by atoms with Crippen molar-refractivity contribution >= 4 is 15.9 Å². The Bertz CT molecular complexity index is 340. The van der Waals surface area contributed by atoms with Crippen molar-refractivity contribution < 1.29 is 4.42 Å². The van der Waals surface area contributed by atoms with E-state index in [0.29, 0.717) is 12.6 Å². The number of piperidine rings is 1. The van der Waals surface area contributed by atoms with Gasteiger partial charge in [-0.05, 0) is 54.4 Å². The number of nitrogens with zero attached hydrogens (tertiary/aromatic N) is 1. The van der Waals surface area contributed by atoms with Crippen LogP contribution < -0.4 is 5.73 Å². The molecule has 2 rings (SSSR count). The number of hydrogen-bond acceptors (Lipinski definition) is 3. The summed E-state index contributed by atoms with van der Waals surface area (Å²) in [4.78, 5) is 2.47. The minimum absolute atomic E-state index is 0.224. The van der Waals surface area contributed by atoms with Gasteiger partial charge in [-0.15, -0.1) is 0 Å². The van der Waals surface area contributed by atoms with Gasteiger partial charge in [0.2, 0.25) is 0 Å². The van der Waals surface area contributed by atoms with E-state index >= 15 is 0 Å². The molecule has 0 saturated carbocycles. The molecule has 1 aromatic rings. The third-order valence-corrected chi connectivity index (χ3v) is 3.83. The first kappa shape index (κ1) is 12.1. The lowest BCUT2D eigenvalue weighted by Crippen LogP contribution is -2.42. The molecule has 90 valence electrons. The van der Waals surface area contributed by atoms with Gasteiger partial charge >= 0.3 is 0 Å². The van der Waals surface area contributed by atoms with Crippen LogP contribution >= 0.6 is 15.9 Å². The highest BCUT2D eigenvalue weighted by Gasteiger charge is 2.28. The van der Waals surface area contributed by atoms with Crippen LogP contribution in [0.15, 0.2) is 21.2 Å². The van der Waals surface area contributed by atoms with Crippen molar-refractivity contribution in [1.29, 1.82) is 0 Å². The van der Waals surface area contributed by atoms with Gasteiger partial charge in [0, 0.05) is 12.6 Å². The highest BCUT2D eigenvalue weighted by Crippen LogP contribution is 2.29. The Labute approximate surface area is 105 Å². The molecule has 1 aliphatic heterocycles. The zero-order valence-electron chi connectivity index (χ0n) is 9.66. The summed E-state index contributed by atoms with van der Waals surface area (Å²) < 4.78 is 6.42. The first-order valence-corrected chi connectivity index (χ1v) is 6.72. The summed E-state index contributed by atoms with van der Waals surface area (Å²) in [6, 6.07) is 4.78. The van der Waals surface area contributed by atoms with Gasteiger partial charge in [-0.25, -0.2) is 0 Å². The van der Waals surface area contributed by atoms with Crippen LogP contribution in [-0.4, -0.2) is 24.0 Å². The van der Waals surface area contributed by atoms with Crippen LogP contribution in [-0.2, 0) is 0 Å². The summed E-state index contributed by atoms with van der Waals surface area (Å²) in [5.74, 6) is 0.975. The van der Waals surface area contributed by atoms with Crippen molar-refractivity contribution in [2.45, 2.75) is 38.3 Å². The number of nitrogens with two attached hydrogens (primary N) is 1. The maximum absolute atomic E-state index is 5.89. The SMILES string of the molecule is CC1CCCCN1C(CN)c1ccc(Br)o1. The number of furan rings is 1. The maximum atomic E-state index is 5.89. The molecule has 4 heteroatoms. The van der Waals surface area contributed by atoms with Gasteiger partial charge in [-0.2, -0.15) is 0 Å². The smallest absolute Gasteiger partial charge is 0.169 e. The van der Waals surface area contributed by atoms with Crippen LogP contribution in [0.2, 0.25) is 0 Å². The van der Waals surface area contributed by atoms with E-state index in [9.17, 15) is 0 Å². The molecule has 0 amide bonds. The van der Waals surface area contributed by atoms with Gasteiger partial charge in [-0.1, -0.05) is 6.42 Å². The van der Waals surface area contributed by atoms with Gasteiger partial charge in [-0.3, -0.25) is 4.90 Å². The van der Waals surface area contributed by atoms with Crippen LogP contribution in [0.5, 0.6) is 0 Å². The molecule has 0 radical (unpaired) electrons. The molecular weight excluding hydrogens is 268 g/mol. The van der Waals surface area contributed by atoms with Gasteiger partial charge in [0.1, 0.15) is 5.76 Å². The fourth-order valence-electron chi connectivity index (χ4n) is 2.51. The molecule has 0 aromatic carbocycles. The van der Waals surface area contributed by atoms with E-state index < -0.39 is 0 Å². The molecule has 2 heterocycles. The molecule has 2 atom stereocenters. The fraction of sp³-hybridized carbons (Fsp3) is 0.667. The molecule has 0 aliphatic carbocycles. The van der Waals surface area contributed by atoms with Crippen molar-refractivity contribution in [3.8, 4) is 0 Å². The normalized spacial score (nSPS) is 24.6. The highest BCUT2D eigenvalue weighted by molar-refractivity contribution is 9.10. The van der Waals surface area contributed by atoms with Gasteiger partial charge in [0.15, 0.2) is 4.67 Å². The predicted molar refractivity (Wildman–Crippen MR) is 68.2 cm³/mol. The van der Waals surface area contributed by atoms with Crippen LogP contribution in [0.4, 0.5) is 0 Å². The lowest BCUT2D eigenvalue weighted by molar-refractivity contribution is 0.0954. The van der Waals surface area contributed by atoms with Gasteiger partial charge < -0.3 is 10.2 Å². The van der Waals surface area contributed by atoms with Crippen LogP contribution in [0.3, 0.4) is 0 Å². The lowest BCUT2D eigenvalue weighted by atomic mass is 10.00. The molecule has 16 heavy (non-hydrogen) atoms. The average Bonchev–Trinajstić information content (AvgIpc) is 2.69. The number of rotatable bonds is 3. The Morgan fingerprint density at radius 2 is 2.38 bits per heavy atom. The Hall–Kier alpha value is -0.320. The van der Waals surface area contributed by atoms with Crippen molar-refractivity contribution in [1.82, 2.24) is 4.90 Å². The Morgan fingerprint density at radius 1 is 1.56 bits per heavy atom. The summed E-state index contributed by atoms with van der Waals surface area (Å²) in [7, 11) is 0. The maximum Gasteiger partial charge on any atom is 0.169 e. The van der Waals surface area contributed by atoms with Crippen molar-refractivity contribution in [3.63, 3.8) is 0 Å². The highest BCUT2D eigenvalue weighted by atomic mass is 79.9. The van der Waals surface area contributed by atoms with Crippen LogP contribution in [0, 0.1) is 0 Å². The van der Waals surface area contributed by atoms with E-state index in [0.717, 1.165) is 17.0 Å². The molecule has 1 fully saturated rings. The van der Waals surface area contributed by atoms with Crippen LogP contribution in [0.25, 0.3) is 0 Å². The van der Waals surface area contributed by atoms with E-state index in [1.807, 2.05) is 12.1 Å². The summed E-state index contributed by atoms with van der Waals surface area (Å²) in [5.41, 5.74) is 5.89. The Kier molecular flexibility index (Phi) is 4.05. The Morgan fingerprint density at radius 3 is 2.94 bits per heavy atom. The molecular formula is C12H19BrN2O. The molecule has 2 unspecified atom stereocenters. The second-order valence-electron chi connectivity index (χ2n) is 4.48. The van der Waals surface area contributed by atoms with Gasteiger partial charge in [0.25, 0.3) is 0 Å². The van der Waals surface area contributed by atoms with Crippen LogP contribution in [0.1, 0.15) is 38.0 Å². The second kappa shape index (κ2) is 5.34. The molecule has 3 nitrogen and oxygen atoms in total. The fourth-order valence-corrected chi connectivity index (χ4v) is 2.82. The zero-order valence-corrected chi connectivity index (χ0v) is 11.2. The number of halogens is 1. The minimum atomic E-state index is 0.224. The zero-order chi connectivity index (χ0) is 11.5. The first-order valence-electron chi connectivity index (χ1n) is 5.93. The Balaban J connectivity index is 2.14. The molecule has 1 aliphatic rings. The molecule has 1 aromatic heterocycles. The lowest BCUT2D eigenvalue weighted by Gasteiger charge is -2.38. The second-order valence-corrected chi connectivity index (χ2v) is 5.26. The third-order valence-electron chi connectivity index (χ3n) is 3.40. The summed E-state index contributed by atoms with van der Waals surface area (Å²) in [5, 5.41) is 0. The average molecular weight is 287 g/mol. The standard InChI is InChI=1S/C12H19BrN2O/c1-9-4-2-3-7-15(9)10(8-14)11-5-6-12(13)16-11/h5-6,9-10H,2-4,7-8,14H2,1H3. The van der Waals surface area contributed by atoms with E-state index in [2.05, 4.69) is 27.8 Å². The predicted octanol–water partition coefficient (Wildman–Crippen LogP) is 2.92. The monoisotopic (exact) mass is 286 g/mol. The summed E-state index contributed by atoms with van der Waals surface area (Å²) in [6.07, 6.45) is 3.86. The molecule has 0 spiro atoms. The quantitative estimate of drug-likeness (QED) is 0.929. The summed E-state index contributed by atoms with van der Waals surface area (Å²) in [6.45, 7) is 4.02. The van der Waals surface area contributed by atoms with E-state index in [4.69, 9.17) is 10.2 Å². The van der Waals surface area contributed by atoms with Crippen molar-refractivity contribution in [2.75, 3.05) is 13.1 Å². The molecule has 1 saturated heterocycles. The number of hydrogen-bond donors (Lipinski definition) is 1. The minimum Gasteiger partial charge on any atom is -0.453 e. The topological polar surface area (TPSA) is 42.4 Å². The summed E-state index contributed by atoms with van der Waals surface area (Å²) >= 11 is 3.34. The van der Waals surface area contributed by atoms with Gasteiger partial charge in [0.05, 0.1) is 6.04 Å². The van der Waals surface area contributed by atoms with E-state index in [1.165, 1.54) is 19.3 Å². The number of likely N-dealkylation sites (tertiary alicyclic amines) is 1. The van der Waals surface area contributed by atoms with Crippen molar-refractivity contribution in [2.24, 2.45) is 5.73 Å². The molecule has 0 bridgehead atoms. The molecule has 2 N–H and O–H groups in total. The van der Waals surface area contributed by atoms with E-state index in [1.54, 1.807) is 0 Å². The van der Waals surface area contributed by atoms with Crippen molar-refractivity contribution in [3.05, 3.63) is 22.6 Å². The first-order chi connectivity index (χ1) is 7.72. The third kappa shape index (κ3) is 2.50. The van der Waals surface area contributed by atoms with E-state index in [-0.39, 0.29) is 6.04 Å².